The van der Waals surface area contributed by atoms with Gasteiger partial charge in [-0.3, -0.25) is 4.79 Å². The molecule has 0 aliphatic carbocycles. The molecule has 2 fully saturated rings. The first-order valence-corrected chi connectivity index (χ1v) is 11.9. The number of methoxy groups -OCH3 is 1. The molecule has 4 rings (SSSR count). The first kappa shape index (κ1) is 21.1. The Hall–Kier alpha value is -3.12. The largest absolute Gasteiger partial charge is 0.495 e. The number of para-hydroxylation sites is 1. The van der Waals surface area contributed by atoms with Crippen molar-refractivity contribution in [1.82, 2.24) is 9.88 Å². The predicted octanol–water partition coefficient (Wildman–Crippen LogP) is 2.01. The number of fused-ring (bicyclic) bond motifs is 2. The second kappa shape index (κ2) is 8.55. The average molecular weight is 441 g/mol. The van der Waals surface area contributed by atoms with E-state index in [1.54, 1.807) is 35.4 Å². The van der Waals surface area contributed by atoms with E-state index in [1.165, 1.54) is 13.2 Å². The number of anilines is 1. The molecular formula is C22H24N4O4S. The van der Waals surface area contributed by atoms with E-state index in [4.69, 9.17) is 10.00 Å². The van der Waals surface area contributed by atoms with Crippen LogP contribution in [-0.4, -0.2) is 62.2 Å². The lowest BCUT2D eigenvalue weighted by atomic mass is 10.1. The van der Waals surface area contributed by atoms with Gasteiger partial charge in [-0.25, -0.2) is 13.4 Å². The monoisotopic (exact) mass is 440 g/mol. The van der Waals surface area contributed by atoms with Crippen LogP contribution in [0.2, 0.25) is 0 Å². The molecule has 2 unspecified atom stereocenters. The zero-order chi connectivity index (χ0) is 22.0. The minimum Gasteiger partial charge on any atom is -0.495 e. The number of pyridine rings is 1. The highest BCUT2D eigenvalue weighted by atomic mass is 32.2. The normalized spacial score (nSPS) is 20.4. The number of likely N-dealkylation sites (tertiary alicyclic amines) is 1. The molecule has 2 aliphatic rings. The third kappa shape index (κ3) is 4.21. The van der Waals surface area contributed by atoms with Gasteiger partial charge in [-0.2, -0.15) is 5.26 Å². The van der Waals surface area contributed by atoms with Gasteiger partial charge in [-0.05, 0) is 37.1 Å². The highest BCUT2D eigenvalue weighted by Gasteiger charge is 2.42. The summed E-state index contributed by atoms with van der Waals surface area (Å²) in [5, 5.41) is 8.96. The zero-order valence-corrected chi connectivity index (χ0v) is 18.1. The number of hydrogen-bond donors (Lipinski definition) is 0. The second-order valence-electron chi connectivity index (χ2n) is 7.83. The third-order valence-corrected chi connectivity index (χ3v) is 7.71. The summed E-state index contributed by atoms with van der Waals surface area (Å²) >= 11 is 0. The Balaban J connectivity index is 1.40. The van der Waals surface area contributed by atoms with Crippen LogP contribution < -0.4 is 9.64 Å². The molecule has 1 amide bonds. The van der Waals surface area contributed by atoms with Gasteiger partial charge >= 0.3 is 0 Å². The summed E-state index contributed by atoms with van der Waals surface area (Å²) in [6, 6.07) is 12.4. The molecule has 2 atom stereocenters. The number of rotatable bonds is 6. The second-order valence-corrected chi connectivity index (χ2v) is 9.91. The quantitative estimate of drug-likeness (QED) is 0.677. The molecule has 2 aliphatic heterocycles. The molecule has 0 radical (unpaired) electrons. The van der Waals surface area contributed by atoms with Crippen molar-refractivity contribution < 1.29 is 17.9 Å². The van der Waals surface area contributed by atoms with Gasteiger partial charge in [0, 0.05) is 37.8 Å². The molecule has 2 saturated heterocycles. The van der Waals surface area contributed by atoms with Gasteiger partial charge < -0.3 is 14.5 Å². The van der Waals surface area contributed by atoms with Gasteiger partial charge in [0.2, 0.25) is 5.91 Å². The van der Waals surface area contributed by atoms with Gasteiger partial charge in [0.15, 0.2) is 9.84 Å². The van der Waals surface area contributed by atoms with Crippen LogP contribution in [0, 0.1) is 11.3 Å². The number of aromatic nitrogens is 1. The van der Waals surface area contributed by atoms with Gasteiger partial charge in [0.1, 0.15) is 22.5 Å². The van der Waals surface area contributed by atoms with E-state index in [9.17, 15) is 13.2 Å². The van der Waals surface area contributed by atoms with Gasteiger partial charge in [-0.15, -0.1) is 0 Å². The number of ether oxygens (including phenoxy) is 1. The summed E-state index contributed by atoms with van der Waals surface area (Å²) in [7, 11) is -2.20. The van der Waals surface area contributed by atoms with Crippen LogP contribution >= 0.6 is 0 Å². The molecule has 3 heterocycles. The number of carbonyl (C=O) groups is 1. The summed E-state index contributed by atoms with van der Waals surface area (Å²) in [4.78, 5) is 21.4. The summed E-state index contributed by atoms with van der Waals surface area (Å²) in [6.07, 6.45) is 3.41. The van der Waals surface area contributed by atoms with Crippen LogP contribution in [0.3, 0.4) is 0 Å². The van der Waals surface area contributed by atoms with E-state index in [0.717, 1.165) is 18.7 Å². The predicted molar refractivity (Wildman–Crippen MR) is 114 cm³/mol. The lowest BCUT2D eigenvalue weighted by molar-refractivity contribution is -0.131. The summed E-state index contributed by atoms with van der Waals surface area (Å²) in [6.45, 7) is 1.09. The lowest BCUT2D eigenvalue weighted by Crippen LogP contribution is -2.55. The number of nitriles is 1. The number of sulfone groups is 1. The number of hydrogen-bond acceptors (Lipinski definition) is 7. The first-order chi connectivity index (χ1) is 14.9. The molecule has 2 bridgehead atoms. The maximum absolute atomic E-state index is 12.8. The Morgan fingerprint density at radius 3 is 2.52 bits per heavy atom. The fourth-order valence-corrected chi connectivity index (χ4v) is 5.86. The molecule has 0 N–H and O–H groups in total. The van der Waals surface area contributed by atoms with Gasteiger partial charge in [0.05, 0.1) is 18.4 Å². The van der Waals surface area contributed by atoms with Crippen molar-refractivity contribution in [2.45, 2.75) is 36.2 Å². The number of piperazine rings is 1. The van der Waals surface area contributed by atoms with Crippen molar-refractivity contribution >= 4 is 21.6 Å². The van der Waals surface area contributed by atoms with E-state index >= 15 is 0 Å². The minimum atomic E-state index is -3.63. The molecule has 31 heavy (non-hydrogen) atoms. The average Bonchev–Trinajstić information content (AvgIpc) is 3.06. The smallest absolute Gasteiger partial charge is 0.223 e. The zero-order valence-electron chi connectivity index (χ0n) is 17.3. The molecule has 2 aromatic rings. The van der Waals surface area contributed by atoms with Gasteiger partial charge in [-0.1, -0.05) is 12.1 Å². The molecule has 0 spiro atoms. The van der Waals surface area contributed by atoms with E-state index in [0.29, 0.717) is 18.7 Å². The van der Waals surface area contributed by atoms with Crippen molar-refractivity contribution in [2.75, 3.05) is 30.9 Å². The van der Waals surface area contributed by atoms with Crippen molar-refractivity contribution in [3.05, 3.63) is 48.2 Å². The fraction of sp³-hybridized carbons (Fsp3) is 0.409. The minimum absolute atomic E-state index is 0.0606. The Morgan fingerprint density at radius 2 is 1.90 bits per heavy atom. The maximum Gasteiger partial charge on any atom is 0.223 e. The first-order valence-electron chi connectivity index (χ1n) is 10.2. The SMILES string of the molecule is COc1ccccc1S(=O)(=O)CCC(=O)N1CC2CCC(C1)N2c1ccc(C#N)cn1. The number of benzene rings is 1. The van der Waals surface area contributed by atoms with Crippen LogP contribution in [0.1, 0.15) is 24.8 Å². The topological polar surface area (TPSA) is 104 Å². The summed E-state index contributed by atoms with van der Waals surface area (Å²) in [5.74, 6) is 0.704. The van der Waals surface area contributed by atoms with E-state index < -0.39 is 9.84 Å². The Bertz CT molecular complexity index is 1100. The lowest BCUT2D eigenvalue weighted by Gasteiger charge is -2.41. The van der Waals surface area contributed by atoms with Crippen molar-refractivity contribution in [3.8, 4) is 11.8 Å². The Kier molecular flexibility index (Phi) is 5.83. The molecule has 9 heteroatoms. The van der Waals surface area contributed by atoms with E-state index in [-0.39, 0.29) is 40.8 Å². The van der Waals surface area contributed by atoms with Crippen molar-refractivity contribution in [2.24, 2.45) is 0 Å². The highest BCUT2D eigenvalue weighted by Crippen LogP contribution is 2.34. The van der Waals surface area contributed by atoms with Crippen LogP contribution in [0.15, 0.2) is 47.5 Å². The van der Waals surface area contributed by atoms with Crippen LogP contribution in [0.5, 0.6) is 5.75 Å². The van der Waals surface area contributed by atoms with Crippen LogP contribution in [0.4, 0.5) is 5.82 Å². The molecule has 162 valence electrons. The molecule has 8 nitrogen and oxygen atoms in total. The molecule has 1 aromatic carbocycles. The van der Waals surface area contributed by atoms with Crippen LogP contribution in [-0.2, 0) is 14.6 Å². The Morgan fingerprint density at radius 1 is 1.19 bits per heavy atom. The van der Waals surface area contributed by atoms with Gasteiger partial charge in [0.25, 0.3) is 0 Å². The highest BCUT2D eigenvalue weighted by molar-refractivity contribution is 7.91. The number of nitrogens with zero attached hydrogens (tertiary/aromatic N) is 4. The number of carbonyl (C=O) groups excluding carboxylic acids is 1. The fourth-order valence-electron chi connectivity index (χ4n) is 4.45. The summed E-state index contributed by atoms with van der Waals surface area (Å²) < 4.78 is 30.6. The Labute approximate surface area is 182 Å². The standard InChI is InChI=1S/C22H24N4O4S/c1-30-19-4-2-3-5-20(19)31(28,29)11-10-22(27)25-14-17-7-8-18(15-25)26(17)21-9-6-16(12-23)13-24-21/h2-6,9,13,17-18H,7-8,10-11,14-15H2,1H3. The summed E-state index contributed by atoms with van der Waals surface area (Å²) in [5.41, 5.74) is 0.515. The van der Waals surface area contributed by atoms with Crippen molar-refractivity contribution in [3.63, 3.8) is 0 Å². The van der Waals surface area contributed by atoms with Crippen LogP contribution in [0.25, 0.3) is 0 Å². The van der Waals surface area contributed by atoms with Crippen molar-refractivity contribution in [1.29, 1.82) is 5.26 Å². The third-order valence-electron chi connectivity index (χ3n) is 5.97. The molecular weight excluding hydrogens is 416 g/mol. The van der Waals surface area contributed by atoms with E-state index in [2.05, 4.69) is 16.0 Å². The number of amides is 1. The maximum atomic E-state index is 12.8. The molecule has 0 saturated carbocycles. The molecule has 1 aromatic heterocycles. The van der Waals surface area contributed by atoms with E-state index in [1.807, 2.05) is 6.07 Å².